The summed E-state index contributed by atoms with van der Waals surface area (Å²) in [6, 6.07) is 5.00. The predicted octanol–water partition coefficient (Wildman–Crippen LogP) is 2.81. The van der Waals surface area contributed by atoms with Gasteiger partial charge in [-0.1, -0.05) is 12.1 Å². The highest BCUT2D eigenvalue weighted by Crippen LogP contribution is 2.43. The first-order valence-electron chi connectivity index (χ1n) is 8.62. The number of rotatable bonds is 4. The fourth-order valence-corrected chi connectivity index (χ4v) is 3.74. The number of hydrogen-bond acceptors (Lipinski definition) is 4. The van der Waals surface area contributed by atoms with Gasteiger partial charge in [-0.05, 0) is 48.9 Å². The van der Waals surface area contributed by atoms with Crippen LogP contribution in [0.5, 0.6) is 0 Å². The van der Waals surface area contributed by atoms with Crippen LogP contribution in [0, 0.1) is 18.7 Å². The zero-order valence-electron chi connectivity index (χ0n) is 14.0. The van der Waals surface area contributed by atoms with E-state index in [9.17, 15) is 9.18 Å². The van der Waals surface area contributed by atoms with Crippen molar-refractivity contribution >= 4 is 5.91 Å². The van der Waals surface area contributed by atoms with Crippen molar-refractivity contribution in [2.24, 2.45) is 5.92 Å². The minimum Gasteiger partial charge on any atom is -0.289 e. The van der Waals surface area contributed by atoms with Crippen molar-refractivity contribution in [3.8, 4) is 0 Å². The van der Waals surface area contributed by atoms with Gasteiger partial charge in [0.1, 0.15) is 11.6 Å². The third-order valence-corrected chi connectivity index (χ3v) is 5.43. The van der Waals surface area contributed by atoms with Gasteiger partial charge in [0, 0.05) is 30.1 Å². The zero-order valence-corrected chi connectivity index (χ0v) is 14.0. The minimum absolute atomic E-state index is 0.170. The highest BCUT2D eigenvalue weighted by atomic mass is 19.1. The Balaban J connectivity index is 1.70. The first-order valence-corrected chi connectivity index (χ1v) is 8.62. The highest BCUT2D eigenvalue weighted by molar-refractivity contribution is 5.80. The fourth-order valence-electron chi connectivity index (χ4n) is 3.74. The Morgan fingerprint density at radius 2 is 2.20 bits per heavy atom. The van der Waals surface area contributed by atoms with Gasteiger partial charge in [0.2, 0.25) is 5.91 Å². The van der Waals surface area contributed by atoms with E-state index in [0.29, 0.717) is 24.3 Å². The number of nitrogens with one attached hydrogen (secondary N) is 1. The molecule has 0 spiro atoms. The third kappa shape index (κ3) is 2.91. The average molecular weight is 341 g/mol. The van der Waals surface area contributed by atoms with Crippen LogP contribution in [-0.2, 0) is 17.6 Å². The summed E-state index contributed by atoms with van der Waals surface area (Å²) < 4.78 is 13.9. The van der Waals surface area contributed by atoms with Gasteiger partial charge < -0.3 is 0 Å². The molecule has 1 heterocycles. The molecule has 4 rings (SSSR count). The summed E-state index contributed by atoms with van der Waals surface area (Å²) in [5.74, 6) is 0.0241. The van der Waals surface area contributed by atoms with E-state index in [1.54, 1.807) is 18.5 Å². The summed E-state index contributed by atoms with van der Waals surface area (Å²) in [7, 11) is 0. The Bertz CT molecular complexity index is 835. The first kappa shape index (κ1) is 16.1. The molecular weight excluding hydrogens is 321 g/mol. The number of carbonyl (C=O) groups is 1. The largest absolute Gasteiger partial charge is 0.289 e. The van der Waals surface area contributed by atoms with Crippen LogP contribution in [0.3, 0.4) is 0 Å². The molecule has 1 aromatic heterocycles. The molecule has 0 aliphatic heterocycles. The lowest BCUT2D eigenvalue weighted by molar-refractivity contribution is -0.133. The summed E-state index contributed by atoms with van der Waals surface area (Å²) in [4.78, 5) is 21.3. The van der Waals surface area contributed by atoms with Crippen LogP contribution < -0.4 is 5.48 Å². The van der Waals surface area contributed by atoms with Gasteiger partial charge in [0.25, 0.3) is 0 Å². The van der Waals surface area contributed by atoms with E-state index in [-0.39, 0.29) is 11.7 Å². The molecule has 2 aliphatic carbocycles. The van der Waals surface area contributed by atoms with Crippen LogP contribution in [-0.4, -0.2) is 21.1 Å². The first-order chi connectivity index (χ1) is 12.1. The number of fused-ring (bicyclic) bond motifs is 1. The maximum atomic E-state index is 13.9. The van der Waals surface area contributed by atoms with Crippen molar-refractivity contribution < 1.29 is 14.4 Å². The molecule has 2 aliphatic rings. The number of hydrogen-bond donors (Lipinski definition) is 2. The van der Waals surface area contributed by atoms with Gasteiger partial charge in [0.15, 0.2) is 0 Å². The summed E-state index contributed by atoms with van der Waals surface area (Å²) in [6.07, 6.45) is 5.04. The molecule has 0 bridgehead atoms. The summed E-state index contributed by atoms with van der Waals surface area (Å²) in [5, 5.41) is 9.11. The average Bonchev–Trinajstić information content (AvgIpc) is 3.41. The lowest BCUT2D eigenvalue weighted by Gasteiger charge is -2.19. The Labute approximate surface area is 145 Å². The van der Waals surface area contributed by atoms with Crippen molar-refractivity contribution in [1.29, 1.82) is 0 Å². The molecule has 1 aromatic carbocycles. The molecule has 1 saturated carbocycles. The molecule has 1 fully saturated rings. The zero-order chi connectivity index (χ0) is 17.6. The van der Waals surface area contributed by atoms with Crippen molar-refractivity contribution in [2.75, 3.05) is 0 Å². The maximum absolute atomic E-state index is 13.9. The van der Waals surface area contributed by atoms with Gasteiger partial charge >= 0.3 is 0 Å². The smallest absolute Gasteiger partial charge is 0.247 e. The van der Waals surface area contributed by atoms with Gasteiger partial charge in [0.05, 0.1) is 5.92 Å². The van der Waals surface area contributed by atoms with E-state index >= 15 is 0 Å². The predicted molar refractivity (Wildman–Crippen MR) is 88.7 cm³/mol. The summed E-state index contributed by atoms with van der Waals surface area (Å²) in [6.45, 7) is 1.74. The summed E-state index contributed by atoms with van der Waals surface area (Å²) in [5.41, 5.74) is 5.04. The molecule has 25 heavy (non-hydrogen) atoms. The standard InChI is InChI=1S/C19H20FN3O2/c1-10-12(3-2-4-16(10)20)7-13-14(19(24)23-25)8-17-15(13)9-21-18(22-17)11-5-6-11/h2-4,9,11,13-14,25H,5-8H2,1H3,(H,23,24)/t13?,14-/m1/s1. The molecule has 0 radical (unpaired) electrons. The summed E-state index contributed by atoms with van der Waals surface area (Å²) >= 11 is 0. The second kappa shape index (κ2) is 6.19. The number of halogens is 1. The van der Waals surface area contributed by atoms with Crippen LogP contribution in [0.15, 0.2) is 24.4 Å². The van der Waals surface area contributed by atoms with E-state index in [2.05, 4.69) is 9.97 Å². The quantitative estimate of drug-likeness (QED) is 0.662. The van der Waals surface area contributed by atoms with Crippen LogP contribution in [0.1, 0.15) is 52.9 Å². The monoisotopic (exact) mass is 341 g/mol. The van der Waals surface area contributed by atoms with Crippen molar-refractivity contribution in [1.82, 2.24) is 15.4 Å². The van der Waals surface area contributed by atoms with Crippen LogP contribution in [0.4, 0.5) is 4.39 Å². The molecule has 130 valence electrons. The number of aromatic nitrogens is 2. The molecule has 1 amide bonds. The van der Waals surface area contributed by atoms with Crippen molar-refractivity contribution in [3.63, 3.8) is 0 Å². The molecule has 2 aromatic rings. The van der Waals surface area contributed by atoms with Gasteiger partial charge in [-0.25, -0.2) is 19.8 Å². The van der Waals surface area contributed by atoms with Gasteiger partial charge in [-0.15, -0.1) is 0 Å². The number of benzene rings is 1. The Morgan fingerprint density at radius 3 is 2.92 bits per heavy atom. The fraction of sp³-hybridized carbons (Fsp3) is 0.421. The van der Waals surface area contributed by atoms with E-state index in [4.69, 9.17) is 5.21 Å². The van der Waals surface area contributed by atoms with Crippen LogP contribution in [0.2, 0.25) is 0 Å². The van der Waals surface area contributed by atoms with Crippen molar-refractivity contribution in [3.05, 3.63) is 58.4 Å². The van der Waals surface area contributed by atoms with Crippen LogP contribution in [0.25, 0.3) is 0 Å². The van der Waals surface area contributed by atoms with Crippen LogP contribution >= 0.6 is 0 Å². The number of carbonyl (C=O) groups excluding carboxylic acids is 1. The van der Waals surface area contributed by atoms with Gasteiger partial charge in [-0.2, -0.15) is 0 Å². The molecule has 5 nitrogen and oxygen atoms in total. The molecule has 0 saturated heterocycles. The maximum Gasteiger partial charge on any atom is 0.247 e. The molecule has 6 heteroatoms. The number of nitrogens with zero attached hydrogens (tertiary/aromatic N) is 2. The van der Waals surface area contributed by atoms with Crippen molar-refractivity contribution in [2.45, 2.75) is 44.4 Å². The lowest BCUT2D eigenvalue weighted by Crippen LogP contribution is -2.31. The molecule has 2 atom stereocenters. The normalized spacial score (nSPS) is 21.9. The topological polar surface area (TPSA) is 75.1 Å². The van der Waals surface area contributed by atoms with Gasteiger partial charge in [-0.3, -0.25) is 10.0 Å². The van der Waals surface area contributed by atoms with E-state index in [1.165, 1.54) is 6.07 Å². The van der Waals surface area contributed by atoms with E-state index < -0.39 is 11.8 Å². The SMILES string of the molecule is Cc1c(F)cccc1CC1c2cnc(C3CC3)nc2C[C@H]1C(=O)NO. The number of amides is 1. The Hall–Kier alpha value is -2.34. The Kier molecular flexibility index (Phi) is 4.00. The third-order valence-electron chi connectivity index (χ3n) is 5.43. The lowest BCUT2D eigenvalue weighted by atomic mass is 9.85. The second-order valence-corrected chi connectivity index (χ2v) is 7.03. The molecular formula is C19H20FN3O2. The molecule has 2 N–H and O–H groups in total. The molecule has 1 unspecified atom stereocenters. The second-order valence-electron chi connectivity index (χ2n) is 7.03. The Morgan fingerprint density at radius 1 is 1.40 bits per heavy atom. The number of hydroxylamine groups is 1. The van der Waals surface area contributed by atoms with E-state index in [0.717, 1.165) is 35.5 Å². The highest BCUT2D eigenvalue weighted by Gasteiger charge is 2.40. The minimum atomic E-state index is -0.426. The van der Waals surface area contributed by atoms with E-state index in [1.807, 2.05) is 12.3 Å².